The Balaban J connectivity index is 1.95. The van der Waals surface area contributed by atoms with Crippen LogP contribution in [0.5, 0.6) is 0 Å². The van der Waals surface area contributed by atoms with Gasteiger partial charge in [0, 0.05) is 12.1 Å². The summed E-state index contributed by atoms with van der Waals surface area (Å²) in [6, 6.07) is 0. The zero-order chi connectivity index (χ0) is 13.6. The molecule has 0 bridgehead atoms. The highest BCUT2D eigenvalue weighted by Crippen LogP contribution is 2.35. The molecule has 1 amide bonds. The quantitative estimate of drug-likeness (QED) is 0.852. The van der Waals surface area contributed by atoms with Gasteiger partial charge in [0.25, 0.3) is 0 Å². The Bertz CT molecular complexity index is 282. The monoisotopic (exact) mass is 268 g/mol. The van der Waals surface area contributed by atoms with E-state index in [1.165, 1.54) is 64.5 Å². The molecule has 1 N–H and O–H groups in total. The Kier molecular flexibility index (Phi) is 5.49. The van der Waals surface area contributed by atoms with Crippen LogP contribution >= 0.6 is 0 Å². The zero-order valence-corrected chi connectivity index (χ0v) is 12.2. The van der Waals surface area contributed by atoms with E-state index in [4.69, 9.17) is 4.74 Å². The third-order valence-corrected chi connectivity index (χ3v) is 4.65. The number of piperidine rings is 1. The number of hydrogen-bond acceptors (Lipinski definition) is 3. The summed E-state index contributed by atoms with van der Waals surface area (Å²) in [5, 5.41) is 2.99. The lowest BCUT2D eigenvalue weighted by Crippen LogP contribution is -2.58. The second-order valence-corrected chi connectivity index (χ2v) is 5.91. The number of alkyl carbamates (subject to hydrolysis) is 1. The molecule has 110 valence electrons. The fraction of sp³-hybridized carbons (Fsp3) is 0.933. The van der Waals surface area contributed by atoms with Crippen molar-refractivity contribution < 1.29 is 9.53 Å². The average Bonchev–Trinajstić information content (AvgIpc) is 2.47. The SMILES string of the molecule is CCOC(=O)NCC1(N2CCCCC2)CCCCC1. The first-order valence-electron chi connectivity index (χ1n) is 7.92. The first-order valence-corrected chi connectivity index (χ1v) is 7.92. The van der Waals surface area contributed by atoms with Gasteiger partial charge in [-0.05, 0) is 45.7 Å². The summed E-state index contributed by atoms with van der Waals surface area (Å²) in [6.45, 7) is 5.45. The molecule has 0 radical (unpaired) electrons. The van der Waals surface area contributed by atoms with Crippen LogP contribution in [0.3, 0.4) is 0 Å². The first-order chi connectivity index (χ1) is 9.27. The van der Waals surface area contributed by atoms with E-state index in [1.807, 2.05) is 6.92 Å². The van der Waals surface area contributed by atoms with E-state index in [1.54, 1.807) is 0 Å². The van der Waals surface area contributed by atoms with Crippen molar-refractivity contribution >= 4 is 6.09 Å². The van der Waals surface area contributed by atoms with Crippen molar-refractivity contribution in [3.8, 4) is 0 Å². The van der Waals surface area contributed by atoms with Crippen molar-refractivity contribution in [2.24, 2.45) is 0 Å². The van der Waals surface area contributed by atoms with Crippen molar-refractivity contribution in [3.05, 3.63) is 0 Å². The number of carbonyl (C=O) groups excluding carboxylic acids is 1. The predicted molar refractivity (Wildman–Crippen MR) is 76.3 cm³/mol. The molecule has 1 aliphatic carbocycles. The first kappa shape index (κ1) is 14.6. The van der Waals surface area contributed by atoms with Gasteiger partial charge in [0.2, 0.25) is 0 Å². The van der Waals surface area contributed by atoms with Crippen molar-refractivity contribution in [3.63, 3.8) is 0 Å². The lowest BCUT2D eigenvalue weighted by molar-refractivity contribution is 0.0325. The Labute approximate surface area is 116 Å². The van der Waals surface area contributed by atoms with Gasteiger partial charge in [0.1, 0.15) is 0 Å². The molecule has 4 heteroatoms. The normalized spacial score (nSPS) is 23.8. The summed E-state index contributed by atoms with van der Waals surface area (Å²) in [6.07, 6.45) is 10.1. The lowest BCUT2D eigenvalue weighted by Gasteiger charge is -2.48. The third kappa shape index (κ3) is 3.85. The highest BCUT2D eigenvalue weighted by Gasteiger charge is 2.38. The van der Waals surface area contributed by atoms with Crippen LogP contribution in [0.15, 0.2) is 0 Å². The van der Waals surface area contributed by atoms with E-state index in [2.05, 4.69) is 10.2 Å². The summed E-state index contributed by atoms with van der Waals surface area (Å²) in [4.78, 5) is 14.2. The Morgan fingerprint density at radius 1 is 1.11 bits per heavy atom. The van der Waals surface area contributed by atoms with Gasteiger partial charge >= 0.3 is 6.09 Å². The smallest absolute Gasteiger partial charge is 0.407 e. The molecule has 1 saturated heterocycles. The number of likely N-dealkylation sites (tertiary alicyclic amines) is 1. The molecule has 2 rings (SSSR count). The average molecular weight is 268 g/mol. The van der Waals surface area contributed by atoms with Crippen LogP contribution < -0.4 is 5.32 Å². The molecule has 0 spiro atoms. The highest BCUT2D eigenvalue weighted by molar-refractivity contribution is 5.67. The van der Waals surface area contributed by atoms with Crippen molar-refractivity contribution in [2.75, 3.05) is 26.2 Å². The number of nitrogens with one attached hydrogen (secondary N) is 1. The fourth-order valence-electron chi connectivity index (χ4n) is 3.60. The van der Waals surface area contributed by atoms with E-state index in [-0.39, 0.29) is 11.6 Å². The van der Waals surface area contributed by atoms with Gasteiger partial charge in [-0.15, -0.1) is 0 Å². The minimum atomic E-state index is -0.260. The molecule has 2 aliphatic rings. The summed E-state index contributed by atoms with van der Waals surface area (Å²) in [5.41, 5.74) is 0.200. The van der Waals surface area contributed by atoms with Crippen molar-refractivity contribution in [1.82, 2.24) is 10.2 Å². The minimum Gasteiger partial charge on any atom is -0.450 e. The number of rotatable bonds is 4. The highest BCUT2D eigenvalue weighted by atomic mass is 16.5. The lowest BCUT2D eigenvalue weighted by atomic mass is 9.79. The predicted octanol–water partition coefficient (Wildman–Crippen LogP) is 2.92. The van der Waals surface area contributed by atoms with Gasteiger partial charge in [0.05, 0.1) is 6.61 Å². The third-order valence-electron chi connectivity index (χ3n) is 4.65. The van der Waals surface area contributed by atoms with Crippen molar-refractivity contribution in [1.29, 1.82) is 0 Å². The Morgan fingerprint density at radius 2 is 1.74 bits per heavy atom. The number of carbonyl (C=O) groups is 1. The summed E-state index contributed by atoms with van der Waals surface area (Å²) in [7, 11) is 0. The molecule has 1 heterocycles. The Morgan fingerprint density at radius 3 is 2.37 bits per heavy atom. The van der Waals surface area contributed by atoms with Crippen LogP contribution in [-0.2, 0) is 4.74 Å². The number of amides is 1. The number of nitrogens with zero attached hydrogens (tertiary/aromatic N) is 1. The molecule has 1 saturated carbocycles. The topological polar surface area (TPSA) is 41.6 Å². The zero-order valence-electron chi connectivity index (χ0n) is 12.2. The standard InChI is InChI=1S/C15H28N2O2/c1-2-19-14(18)16-13-15(9-5-3-6-10-15)17-11-7-4-8-12-17/h2-13H2,1H3,(H,16,18). The van der Waals surface area contributed by atoms with Crippen LogP contribution in [0.25, 0.3) is 0 Å². The van der Waals surface area contributed by atoms with Crippen molar-refractivity contribution in [2.45, 2.75) is 63.8 Å². The van der Waals surface area contributed by atoms with Gasteiger partial charge < -0.3 is 10.1 Å². The number of hydrogen-bond donors (Lipinski definition) is 1. The maximum Gasteiger partial charge on any atom is 0.407 e. The second-order valence-electron chi connectivity index (χ2n) is 5.91. The van der Waals surface area contributed by atoms with Crippen LogP contribution in [0, 0.1) is 0 Å². The molecule has 1 aliphatic heterocycles. The second kappa shape index (κ2) is 7.13. The van der Waals surface area contributed by atoms with Gasteiger partial charge in [-0.3, -0.25) is 4.90 Å². The summed E-state index contributed by atoms with van der Waals surface area (Å²) < 4.78 is 5.00. The van der Waals surface area contributed by atoms with Crippen LogP contribution in [0.4, 0.5) is 4.79 Å². The molecular formula is C15H28N2O2. The molecule has 0 aromatic carbocycles. The van der Waals surface area contributed by atoms with E-state index in [9.17, 15) is 4.79 Å². The maximum absolute atomic E-state index is 11.6. The molecule has 0 aromatic rings. The fourth-order valence-corrected chi connectivity index (χ4v) is 3.60. The maximum atomic E-state index is 11.6. The van der Waals surface area contributed by atoms with E-state index in [0.717, 1.165) is 6.54 Å². The summed E-state index contributed by atoms with van der Waals surface area (Å²) >= 11 is 0. The van der Waals surface area contributed by atoms with Crippen LogP contribution in [0.1, 0.15) is 58.3 Å². The van der Waals surface area contributed by atoms with E-state index in [0.29, 0.717) is 6.61 Å². The molecule has 2 fully saturated rings. The minimum absolute atomic E-state index is 0.200. The van der Waals surface area contributed by atoms with Crippen LogP contribution in [0.2, 0.25) is 0 Å². The molecule has 0 atom stereocenters. The van der Waals surface area contributed by atoms with E-state index < -0.39 is 0 Å². The summed E-state index contributed by atoms with van der Waals surface area (Å²) in [5.74, 6) is 0. The molecular weight excluding hydrogens is 240 g/mol. The van der Waals surface area contributed by atoms with Gasteiger partial charge in [-0.2, -0.15) is 0 Å². The Hall–Kier alpha value is -0.770. The largest absolute Gasteiger partial charge is 0.450 e. The van der Waals surface area contributed by atoms with E-state index >= 15 is 0 Å². The molecule has 0 aromatic heterocycles. The van der Waals surface area contributed by atoms with Crippen LogP contribution in [-0.4, -0.2) is 42.8 Å². The molecule has 4 nitrogen and oxygen atoms in total. The molecule has 19 heavy (non-hydrogen) atoms. The number of ether oxygens (including phenoxy) is 1. The van der Waals surface area contributed by atoms with Gasteiger partial charge in [0.15, 0.2) is 0 Å². The molecule has 0 unspecified atom stereocenters. The van der Waals surface area contributed by atoms with Gasteiger partial charge in [-0.1, -0.05) is 25.7 Å². The van der Waals surface area contributed by atoms with Gasteiger partial charge in [-0.25, -0.2) is 4.79 Å².